The Hall–Kier alpha value is -0.570. The van der Waals surface area contributed by atoms with Crippen LogP contribution in [0.3, 0.4) is 0 Å². The van der Waals surface area contributed by atoms with E-state index in [1.54, 1.807) is 7.11 Å². The molecule has 1 rings (SSSR count). The van der Waals surface area contributed by atoms with Gasteiger partial charge in [-0.3, -0.25) is 0 Å². The van der Waals surface area contributed by atoms with E-state index in [-0.39, 0.29) is 0 Å². The van der Waals surface area contributed by atoms with Gasteiger partial charge in [-0.25, -0.2) is 0 Å². The number of benzene rings is 1. The van der Waals surface area contributed by atoms with Crippen LogP contribution in [-0.2, 0) is 11.3 Å². The molecule has 0 fully saturated rings. The highest BCUT2D eigenvalue weighted by molar-refractivity contribution is 6.31. The molecule has 0 aliphatic heterocycles. The van der Waals surface area contributed by atoms with Crippen molar-refractivity contribution < 1.29 is 4.74 Å². The average Bonchev–Trinajstić information content (AvgIpc) is 2.23. The lowest BCUT2D eigenvalue weighted by Crippen LogP contribution is -2.16. The monoisotopic (exact) mass is 227 g/mol. The summed E-state index contributed by atoms with van der Waals surface area (Å²) in [6.45, 7) is 4.71. The number of rotatable bonds is 6. The van der Waals surface area contributed by atoms with Gasteiger partial charge >= 0.3 is 0 Å². The van der Waals surface area contributed by atoms with Gasteiger partial charge in [0.1, 0.15) is 0 Å². The molecule has 0 aliphatic carbocycles. The Kier molecular flexibility index (Phi) is 5.69. The minimum absolute atomic E-state index is 0.812. The highest BCUT2D eigenvalue weighted by Crippen LogP contribution is 2.15. The maximum atomic E-state index is 5.95. The Morgan fingerprint density at radius 3 is 2.87 bits per heavy atom. The Bertz CT molecular complexity index is 302. The number of hydrogen-bond acceptors (Lipinski definition) is 2. The molecule has 1 N–H and O–H groups in total. The number of ether oxygens (including phenoxy) is 1. The lowest BCUT2D eigenvalue weighted by molar-refractivity contribution is 0.194. The minimum Gasteiger partial charge on any atom is -0.385 e. The largest absolute Gasteiger partial charge is 0.385 e. The van der Waals surface area contributed by atoms with Crippen molar-refractivity contribution in [3.63, 3.8) is 0 Å². The predicted octanol–water partition coefficient (Wildman–Crippen LogP) is 2.77. The van der Waals surface area contributed by atoms with E-state index in [1.165, 1.54) is 5.56 Å². The molecule has 0 saturated carbocycles. The van der Waals surface area contributed by atoms with Crippen molar-refractivity contribution in [2.24, 2.45) is 0 Å². The number of methoxy groups -OCH3 is 1. The van der Waals surface area contributed by atoms with Crippen molar-refractivity contribution in [3.8, 4) is 0 Å². The SMILES string of the molecule is COCCCNCc1ccc(Cl)c(C)c1. The molecule has 0 saturated heterocycles. The Morgan fingerprint density at radius 1 is 1.40 bits per heavy atom. The summed E-state index contributed by atoms with van der Waals surface area (Å²) in [4.78, 5) is 0. The van der Waals surface area contributed by atoms with Gasteiger partial charge in [0.2, 0.25) is 0 Å². The van der Waals surface area contributed by atoms with Gasteiger partial charge in [-0.2, -0.15) is 0 Å². The first-order chi connectivity index (χ1) is 7.24. The normalized spacial score (nSPS) is 10.6. The zero-order chi connectivity index (χ0) is 11.1. The number of hydrogen-bond donors (Lipinski definition) is 1. The van der Waals surface area contributed by atoms with Gasteiger partial charge in [0.15, 0.2) is 0 Å². The van der Waals surface area contributed by atoms with Gasteiger partial charge in [-0.1, -0.05) is 23.7 Å². The first-order valence-electron chi connectivity index (χ1n) is 5.18. The number of nitrogens with one attached hydrogen (secondary N) is 1. The predicted molar refractivity (Wildman–Crippen MR) is 64.4 cm³/mol. The van der Waals surface area contributed by atoms with Crippen molar-refractivity contribution in [1.82, 2.24) is 5.32 Å². The van der Waals surface area contributed by atoms with Crippen molar-refractivity contribution in [2.75, 3.05) is 20.3 Å². The molecule has 1 aromatic carbocycles. The molecule has 3 heteroatoms. The van der Waals surface area contributed by atoms with Crippen molar-refractivity contribution >= 4 is 11.6 Å². The summed E-state index contributed by atoms with van der Waals surface area (Å²) in [6, 6.07) is 6.12. The fraction of sp³-hybridized carbons (Fsp3) is 0.500. The average molecular weight is 228 g/mol. The van der Waals surface area contributed by atoms with E-state index in [2.05, 4.69) is 17.4 Å². The lowest BCUT2D eigenvalue weighted by Gasteiger charge is -2.06. The van der Waals surface area contributed by atoms with Gasteiger partial charge in [0.25, 0.3) is 0 Å². The maximum Gasteiger partial charge on any atom is 0.0474 e. The van der Waals surface area contributed by atoms with Crippen LogP contribution in [0.4, 0.5) is 0 Å². The van der Waals surface area contributed by atoms with E-state index in [4.69, 9.17) is 16.3 Å². The second-order valence-corrected chi connectivity index (χ2v) is 4.01. The summed E-state index contributed by atoms with van der Waals surface area (Å²) >= 11 is 5.95. The summed E-state index contributed by atoms with van der Waals surface area (Å²) in [6.07, 6.45) is 1.04. The minimum atomic E-state index is 0.812. The van der Waals surface area contributed by atoms with E-state index in [9.17, 15) is 0 Å². The topological polar surface area (TPSA) is 21.3 Å². The third kappa shape index (κ3) is 4.65. The van der Waals surface area contributed by atoms with Crippen LogP contribution in [0.2, 0.25) is 5.02 Å². The van der Waals surface area contributed by atoms with Gasteiger partial charge < -0.3 is 10.1 Å². The third-order valence-corrected chi connectivity index (χ3v) is 2.68. The summed E-state index contributed by atoms with van der Waals surface area (Å²) in [5.74, 6) is 0. The number of halogens is 1. The van der Waals surface area contributed by atoms with Crippen LogP contribution in [-0.4, -0.2) is 20.3 Å². The Morgan fingerprint density at radius 2 is 2.20 bits per heavy atom. The highest BCUT2D eigenvalue weighted by atomic mass is 35.5. The summed E-state index contributed by atoms with van der Waals surface area (Å²) in [5.41, 5.74) is 2.40. The zero-order valence-electron chi connectivity index (χ0n) is 9.35. The first-order valence-corrected chi connectivity index (χ1v) is 5.56. The van der Waals surface area contributed by atoms with Crippen LogP contribution >= 0.6 is 11.6 Å². The molecule has 0 bridgehead atoms. The second kappa shape index (κ2) is 6.83. The van der Waals surface area contributed by atoms with E-state index >= 15 is 0 Å². The van der Waals surface area contributed by atoms with Crippen LogP contribution in [0.5, 0.6) is 0 Å². The molecule has 15 heavy (non-hydrogen) atoms. The molecule has 0 heterocycles. The zero-order valence-corrected chi connectivity index (χ0v) is 10.1. The molecule has 1 aromatic rings. The number of aryl methyl sites for hydroxylation is 1. The molecule has 0 radical (unpaired) electrons. The van der Waals surface area contributed by atoms with Gasteiger partial charge in [0, 0.05) is 25.3 Å². The van der Waals surface area contributed by atoms with Gasteiger partial charge in [0.05, 0.1) is 0 Å². The fourth-order valence-corrected chi connectivity index (χ4v) is 1.51. The quantitative estimate of drug-likeness (QED) is 0.755. The summed E-state index contributed by atoms with van der Waals surface area (Å²) in [7, 11) is 1.72. The molecule has 0 amide bonds. The van der Waals surface area contributed by atoms with Gasteiger partial charge in [-0.15, -0.1) is 0 Å². The fourth-order valence-electron chi connectivity index (χ4n) is 1.39. The molecule has 0 spiro atoms. The van der Waals surface area contributed by atoms with Gasteiger partial charge in [-0.05, 0) is 37.1 Å². The van der Waals surface area contributed by atoms with Crippen LogP contribution in [0.15, 0.2) is 18.2 Å². The Balaban J connectivity index is 2.28. The van der Waals surface area contributed by atoms with Crippen LogP contribution in [0.1, 0.15) is 17.5 Å². The summed E-state index contributed by atoms with van der Waals surface area (Å²) < 4.78 is 4.97. The molecule has 84 valence electrons. The van der Waals surface area contributed by atoms with Crippen LogP contribution < -0.4 is 5.32 Å². The van der Waals surface area contributed by atoms with Crippen molar-refractivity contribution in [2.45, 2.75) is 19.9 Å². The van der Waals surface area contributed by atoms with E-state index < -0.39 is 0 Å². The van der Waals surface area contributed by atoms with E-state index in [1.807, 2.05) is 13.0 Å². The molecule has 0 aliphatic rings. The molecule has 0 atom stereocenters. The van der Waals surface area contributed by atoms with E-state index in [0.717, 1.165) is 36.7 Å². The second-order valence-electron chi connectivity index (χ2n) is 3.61. The maximum absolute atomic E-state index is 5.95. The van der Waals surface area contributed by atoms with Crippen molar-refractivity contribution in [1.29, 1.82) is 0 Å². The molecule has 0 unspecified atom stereocenters. The molecular weight excluding hydrogens is 210 g/mol. The molecule has 2 nitrogen and oxygen atoms in total. The van der Waals surface area contributed by atoms with Crippen molar-refractivity contribution in [3.05, 3.63) is 34.3 Å². The smallest absolute Gasteiger partial charge is 0.0474 e. The Labute approximate surface area is 96.6 Å². The third-order valence-electron chi connectivity index (χ3n) is 2.25. The van der Waals surface area contributed by atoms with Crippen LogP contribution in [0.25, 0.3) is 0 Å². The summed E-state index contributed by atoms with van der Waals surface area (Å²) in [5, 5.41) is 4.19. The standard InChI is InChI=1S/C12H18ClNO/c1-10-8-11(4-5-12(10)13)9-14-6-3-7-15-2/h4-5,8,14H,3,6-7,9H2,1-2H3. The first kappa shape index (κ1) is 12.5. The molecule has 0 aromatic heterocycles. The highest BCUT2D eigenvalue weighted by Gasteiger charge is 1.97. The van der Waals surface area contributed by atoms with Crippen LogP contribution in [0, 0.1) is 6.92 Å². The lowest BCUT2D eigenvalue weighted by atomic mass is 10.1. The molecular formula is C12H18ClNO. The van der Waals surface area contributed by atoms with E-state index in [0.29, 0.717) is 0 Å².